The van der Waals surface area contributed by atoms with Crippen molar-refractivity contribution in [3.8, 4) is 0 Å². The first-order chi connectivity index (χ1) is 7.40. The lowest BCUT2D eigenvalue weighted by Gasteiger charge is -2.37. The molecule has 0 radical (unpaired) electrons. The quantitative estimate of drug-likeness (QED) is 0.561. The van der Waals surface area contributed by atoms with Crippen molar-refractivity contribution >= 4 is 15.9 Å². The largest absolute Gasteiger partial charge is 0.301 e. The summed E-state index contributed by atoms with van der Waals surface area (Å²) in [6.07, 6.45) is 6.98. The molecule has 0 aromatic heterocycles. The maximum absolute atomic E-state index is 3.49. The van der Waals surface area contributed by atoms with Gasteiger partial charge in [0.25, 0.3) is 0 Å². The minimum Gasteiger partial charge on any atom is -0.301 e. The van der Waals surface area contributed by atoms with Gasteiger partial charge in [0.2, 0.25) is 0 Å². The summed E-state index contributed by atoms with van der Waals surface area (Å²) in [5, 5.41) is 1.17. The van der Waals surface area contributed by atoms with Gasteiger partial charge in [-0.1, -0.05) is 22.4 Å². The van der Waals surface area contributed by atoms with Gasteiger partial charge in [-0.05, 0) is 38.8 Å². The molecule has 1 atom stereocenters. The Hall–Kier alpha value is 0.400. The normalized spacial score (nSPS) is 28.2. The van der Waals surface area contributed by atoms with Gasteiger partial charge in [0, 0.05) is 31.0 Å². The number of unbranched alkanes of at least 4 members (excludes halogenated alkanes) is 2. The van der Waals surface area contributed by atoms with Crippen LogP contribution in [0, 0.1) is 0 Å². The molecular formula is C12H23BrN2. The van der Waals surface area contributed by atoms with Crippen molar-refractivity contribution in [2.45, 2.75) is 38.1 Å². The summed E-state index contributed by atoms with van der Waals surface area (Å²) in [6.45, 7) is 6.67. The molecule has 2 rings (SSSR count). The van der Waals surface area contributed by atoms with Gasteiger partial charge in [0.15, 0.2) is 0 Å². The van der Waals surface area contributed by atoms with Gasteiger partial charge >= 0.3 is 0 Å². The lowest BCUT2D eigenvalue weighted by molar-refractivity contribution is 0.103. The number of alkyl halides is 1. The third kappa shape index (κ3) is 3.43. The summed E-state index contributed by atoms with van der Waals surface area (Å²) in [7, 11) is 0. The van der Waals surface area contributed by atoms with E-state index >= 15 is 0 Å². The number of hydrogen-bond donors (Lipinski definition) is 0. The highest BCUT2D eigenvalue weighted by Crippen LogP contribution is 2.21. The van der Waals surface area contributed by atoms with E-state index in [9.17, 15) is 0 Å². The van der Waals surface area contributed by atoms with Crippen LogP contribution in [0.5, 0.6) is 0 Å². The molecule has 0 aliphatic carbocycles. The third-order valence-electron chi connectivity index (χ3n) is 3.78. The van der Waals surface area contributed by atoms with Crippen molar-refractivity contribution in [1.82, 2.24) is 9.80 Å². The Morgan fingerprint density at radius 2 is 2.00 bits per heavy atom. The van der Waals surface area contributed by atoms with Crippen LogP contribution < -0.4 is 0 Å². The van der Waals surface area contributed by atoms with Gasteiger partial charge in [-0.3, -0.25) is 4.90 Å². The molecular weight excluding hydrogens is 252 g/mol. The van der Waals surface area contributed by atoms with Crippen LogP contribution in [0.3, 0.4) is 0 Å². The summed E-state index contributed by atoms with van der Waals surface area (Å²) < 4.78 is 0. The molecule has 0 aromatic carbocycles. The molecule has 0 N–H and O–H groups in total. The van der Waals surface area contributed by atoms with Crippen LogP contribution >= 0.6 is 15.9 Å². The summed E-state index contributed by atoms with van der Waals surface area (Å²) in [6, 6.07) is 0.898. The molecule has 0 bridgehead atoms. The van der Waals surface area contributed by atoms with Gasteiger partial charge in [-0.25, -0.2) is 0 Å². The molecule has 0 aromatic rings. The lowest BCUT2D eigenvalue weighted by Crippen LogP contribution is -2.50. The SMILES string of the molecule is BrCCCCCN1CCN2CCCC2C1. The van der Waals surface area contributed by atoms with Gasteiger partial charge in [-0.2, -0.15) is 0 Å². The zero-order valence-corrected chi connectivity index (χ0v) is 11.2. The van der Waals surface area contributed by atoms with Crippen molar-refractivity contribution in [1.29, 1.82) is 0 Å². The van der Waals surface area contributed by atoms with E-state index in [4.69, 9.17) is 0 Å². The molecule has 15 heavy (non-hydrogen) atoms. The number of fused-ring (bicyclic) bond motifs is 1. The number of hydrogen-bond acceptors (Lipinski definition) is 2. The minimum absolute atomic E-state index is 0.898. The van der Waals surface area contributed by atoms with Crippen molar-refractivity contribution < 1.29 is 0 Å². The van der Waals surface area contributed by atoms with Crippen LogP contribution in [-0.2, 0) is 0 Å². The molecule has 2 heterocycles. The van der Waals surface area contributed by atoms with E-state index in [0.717, 1.165) is 6.04 Å². The Balaban J connectivity index is 1.62. The fourth-order valence-electron chi connectivity index (χ4n) is 2.87. The Kier molecular flexibility index (Phi) is 4.92. The zero-order valence-electron chi connectivity index (χ0n) is 9.63. The summed E-state index contributed by atoms with van der Waals surface area (Å²) in [4.78, 5) is 5.37. The molecule has 2 nitrogen and oxygen atoms in total. The lowest BCUT2D eigenvalue weighted by atomic mass is 10.1. The van der Waals surface area contributed by atoms with E-state index in [1.807, 2.05) is 0 Å². The standard InChI is InChI=1S/C12H23BrN2/c13-6-2-1-3-7-14-9-10-15-8-4-5-12(15)11-14/h12H,1-11H2. The first-order valence-electron chi connectivity index (χ1n) is 6.42. The Morgan fingerprint density at radius 3 is 2.87 bits per heavy atom. The maximum atomic E-state index is 3.49. The molecule has 1 unspecified atom stereocenters. The molecule has 0 spiro atoms. The summed E-state index contributed by atoms with van der Waals surface area (Å²) >= 11 is 3.49. The highest BCUT2D eigenvalue weighted by atomic mass is 79.9. The first kappa shape index (κ1) is 11.9. The van der Waals surface area contributed by atoms with Gasteiger partial charge in [0.1, 0.15) is 0 Å². The fourth-order valence-corrected chi connectivity index (χ4v) is 3.26. The van der Waals surface area contributed by atoms with Crippen LogP contribution in [0.2, 0.25) is 0 Å². The van der Waals surface area contributed by atoms with Crippen molar-refractivity contribution in [3.63, 3.8) is 0 Å². The topological polar surface area (TPSA) is 6.48 Å². The highest BCUT2D eigenvalue weighted by molar-refractivity contribution is 9.09. The molecule has 2 fully saturated rings. The van der Waals surface area contributed by atoms with E-state index in [1.54, 1.807) is 0 Å². The van der Waals surface area contributed by atoms with Crippen molar-refractivity contribution in [3.05, 3.63) is 0 Å². The second kappa shape index (κ2) is 6.21. The van der Waals surface area contributed by atoms with E-state index < -0.39 is 0 Å². The predicted molar refractivity (Wildman–Crippen MR) is 68.7 cm³/mol. The molecule has 2 aliphatic heterocycles. The average molecular weight is 275 g/mol. The van der Waals surface area contributed by atoms with Crippen LogP contribution in [0.15, 0.2) is 0 Å². The molecule has 2 aliphatic rings. The first-order valence-corrected chi connectivity index (χ1v) is 7.54. The monoisotopic (exact) mass is 274 g/mol. The van der Waals surface area contributed by atoms with Crippen LogP contribution in [0.1, 0.15) is 32.1 Å². The van der Waals surface area contributed by atoms with Gasteiger partial charge in [0.05, 0.1) is 0 Å². The molecule has 2 saturated heterocycles. The van der Waals surface area contributed by atoms with Gasteiger partial charge < -0.3 is 4.90 Å². The van der Waals surface area contributed by atoms with Crippen molar-refractivity contribution in [2.24, 2.45) is 0 Å². The smallest absolute Gasteiger partial charge is 0.0224 e. The highest BCUT2D eigenvalue weighted by Gasteiger charge is 2.29. The zero-order chi connectivity index (χ0) is 10.5. The molecule has 88 valence electrons. The third-order valence-corrected chi connectivity index (χ3v) is 4.34. The second-order valence-corrected chi connectivity index (χ2v) is 5.68. The average Bonchev–Trinajstić information content (AvgIpc) is 2.71. The number of rotatable bonds is 5. The Bertz CT molecular complexity index is 186. The van der Waals surface area contributed by atoms with Crippen LogP contribution in [-0.4, -0.2) is 53.9 Å². The molecule has 0 saturated carbocycles. The maximum Gasteiger partial charge on any atom is 0.0224 e. The summed E-state index contributed by atoms with van der Waals surface area (Å²) in [5.74, 6) is 0. The molecule has 3 heteroatoms. The van der Waals surface area contributed by atoms with Crippen molar-refractivity contribution in [2.75, 3.05) is 38.1 Å². The summed E-state index contributed by atoms with van der Waals surface area (Å²) in [5.41, 5.74) is 0. The van der Waals surface area contributed by atoms with Gasteiger partial charge in [-0.15, -0.1) is 0 Å². The number of piperazine rings is 1. The van der Waals surface area contributed by atoms with E-state index in [2.05, 4.69) is 25.7 Å². The van der Waals surface area contributed by atoms with Crippen LogP contribution in [0.25, 0.3) is 0 Å². The van der Waals surface area contributed by atoms with E-state index in [-0.39, 0.29) is 0 Å². The number of halogens is 1. The predicted octanol–water partition coefficient (Wildman–Crippen LogP) is 2.33. The van der Waals surface area contributed by atoms with E-state index in [0.29, 0.717) is 0 Å². The second-order valence-electron chi connectivity index (χ2n) is 4.88. The fraction of sp³-hybridized carbons (Fsp3) is 1.00. The van der Waals surface area contributed by atoms with Crippen LogP contribution in [0.4, 0.5) is 0 Å². The molecule has 0 amide bonds. The number of nitrogens with zero attached hydrogens (tertiary/aromatic N) is 2. The van der Waals surface area contributed by atoms with E-state index in [1.165, 1.54) is 70.2 Å². The Morgan fingerprint density at radius 1 is 1.07 bits per heavy atom. The minimum atomic E-state index is 0.898. The Labute approximate surface area is 102 Å².